The summed E-state index contributed by atoms with van der Waals surface area (Å²) in [6.07, 6.45) is 0. The molecule has 0 aromatic heterocycles. The fourth-order valence-corrected chi connectivity index (χ4v) is 4.74. The summed E-state index contributed by atoms with van der Waals surface area (Å²) in [7, 11) is -4.44. The van der Waals surface area contributed by atoms with E-state index in [9.17, 15) is 9.46 Å². The maximum absolute atomic E-state index is 13.2. The molecular formula is C33H55O8P. The van der Waals surface area contributed by atoms with Gasteiger partial charge in [-0.3, -0.25) is 4.89 Å². The Morgan fingerprint density at radius 1 is 0.548 bits per heavy atom. The van der Waals surface area contributed by atoms with Crippen molar-refractivity contribution < 1.29 is 38.9 Å². The molecule has 0 aliphatic rings. The van der Waals surface area contributed by atoms with E-state index in [1.54, 1.807) is 12.1 Å². The van der Waals surface area contributed by atoms with Gasteiger partial charge < -0.3 is 29.5 Å². The van der Waals surface area contributed by atoms with E-state index in [2.05, 4.69) is 95.2 Å². The molecule has 0 spiro atoms. The van der Waals surface area contributed by atoms with Gasteiger partial charge in [0.05, 0.1) is 31.8 Å². The number of aliphatic hydroxyl groups is 4. The summed E-state index contributed by atoms with van der Waals surface area (Å²) < 4.78 is 24.6. The van der Waals surface area contributed by atoms with Gasteiger partial charge in [0.1, 0.15) is 11.5 Å². The lowest BCUT2D eigenvalue weighted by Crippen LogP contribution is -2.37. The minimum absolute atomic E-state index is 0.0473. The van der Waals surface area contributed by atoms with E-state index >= 15 is 0 Å². The van der Waals surface area contributed by atoms with Gasteiger partial charge in [-0.05, 0) is 44.9 Å². The van der Waals surface area contributed by atoms with Crippen molar-refractivity contribution in [3.8, 4) is 11.5 Å². The Morgan fingerprint density at radius 3 is 1.02 bits per heavy atom. The predicted octanol–water partition coefficient (Wildman–Crippen LogP) is 6.38. The number of hydrogen-bond acceptors (Lipinski definition) is 7. The standard InChI is InChI=1S/C28H43O4P.C5H12O4/c1-25(2,3)19-13-15-23(21(17-19)27(7,8)9)31-33(29,30)32-24-16-14-20(26(4,5)6)18-22(24)28(10,11)12;6-1-5(2-7,3-8)4-9/h13-18H,1-12H3,(H,29,30);6-9H,1-4H2. The Morgan fingerprint density at radius 2 is 0.833 bits per heavy atom. The molecule has 8 nitrogen and oxygen atoms in total. The van der Waals surface area contributed by atoms with Crippen LogP contribution in [0.15, 0.2) is 36.4 Å². The lowest BCUT2D eigenvalue weighted by atomic mass is 9.80. The van der Waals surface area contributed by atoms with Crippen molar-refractivity contribution in [1.82, 2.24) is 0 Å². The minimum atomic E-state index is -4.44. The second kappa shape index (κ2) is 13.8. The van der Waals surface area contributed by atoms with Gasteiger partial charge in [0.25, 0.3) is 0 Å². The quantitative estimate of drug-likeness (QED) is 0.217. The van der Waals surface area contributed by atoms with Crippen molar-refractivity contribution in [2.45, 2.75) is 105 Å². The molecule has 2 aromatic rings. The average molecular weight is 611 g/mol. The predicted molar refractivity (Wildman–Crippen MR) is 170 cm³/mol. The summed E-state index contributed by atoms with van der Waals surface area (Å²) in [5.41, 5.74) is 2.26. The van der Waals surface area contributed by atoms with Crippen molar-refractivity contribution >= 4 is 7.82 Å². The largest absolute Gasteiger partial charge is 0.584 e. The lowest BCUT2D eigenvalue weighted by molar-refractivity contribution is -0.0328. The first-order chi connectivity index (χ1) is 18.9. The highest BCUT2D eigenvalue weighted by atomic mass is 31.2. The number of hydrogen-bond donors (Lipinski definition) is 5. The van der Waals surface area contributed by atoms with Crippen LogP contribution in [0.4, 0.5) is 0 Å². The first-order valence-corrected chi connectivity index (χ1v) is 15.8. The van der Waals surface area contributed by atoms with E-state index in [0.29, 0.717) is 11.5 Å². The molecule has 0 unspecified atom stereocenters. The van der Waals surface area contributed by atoms with E-state index < -0.39 is 39.7 Å². The second-order valence-electron chi connectivity index (χ2n) is 15.2. The highest BCUT2D eigenvalue weighted by Gasteiger charge is 2.33. The van der Waals surface area contributed by atoms with Crippen molar-refractivity contribution in [1.29, 1.82) is 0 Å². The Hall–Kier alpha value is -1.93. The summed E-state index contributed by atoms with van der Waals surface area (Å²) in [6.45, 7) is 23.6. The first kappa shape index (κ1) is 38.1. The van der Waals surface area contributed by atoms with Crippen LogP contribution in [0.2, 0.25) is 0 Å². The molecule has 42 heavy (non-hydrogen) atoms. The van der Waals surface area contributed by atoms with Crippen LogP contribution in [-0.4, -0.2) is 51.7 Å². The molecule has 0 radical (unpaired) electrons. The molecule has 2 aromatic carbocycles. The van der Waals surface area contributed by atoms with E-state index in [1.807, 2.05) is 12.1 Å². The summed E-state index contributed by atoms with van der Waals surface area (Å²) in [5, 5.41) is 34.0. The van der Waals surface area contributed by atoms with Gasteiger partial charge in [0.15, 0.2) is 0 Å². The molecule has 0 saturated carbocycles. The Kier molecular flexibility index (Phi) is 12.5. The fourth-order valence-electron chi connectivity index (χ4n) is 3.89. The zero-order valence-electron chi connectivity index (χ0n) is 27.7. The molecule has 0 aliphatic heterocycles. The molecule has 0 fully saturated rings. The molecule has 5 N–H and O–H groups in total. The van der Waals surface area contributed by atoms with E-state index in [0.717, 1.165) is 22.3 Å². The van der Waals surface area contributed by atoms with Crippen LogP contribution in [0.25, 0.3) is 0 Å². The number of rotatable bonds is 8. The van der Waals surface area contributed by atoms with E-state index in [-0.39, 0.29) is 21.7 Å². The van der Waals surface area contributed by atoms with Gasteiger partial charge in [-0.2, -0.15) is 0 Å². The maximum Gasteiger partial charge on any atom is 0.584 e. The van der Waals surface area contributed by atoms with Crippen molar-refractivity contribution in [3.05, 3.63) is 58.7 Å². The van der Waals surface area contributed by atoms with Crippen LogP contribution in [0.1, 0.15) is 105 Å². The minimum Gasteiger partial charge on any atom is -0.396 e. The zero-order chi connectivity index (χ0) is 32.9. The summed E-state index contributed by atoms with van der Waals surface area (Å²) in [5.74, 6) is 0.731. The zero-order valence-corrected chi connectivity index (χ0v) is 28.6. The van der Waals surface area contributed by atoms with Crippen LogP contribution in [-0.2, 0) is 26.2 Å². The van der Waals surface area contributed by atoms with Crippen LogP contribution in [0, 0.1) is 5.41 Å². The van der Waals surface area contributed by atoms with Gasteiger partial charge in [0, 0.05) is 11.1 Å². The van der Waals surface area contributed by atoms with Gasteiger partial charge in [-0.1, -0.05) is 107 Å². The molecule has 0 bridgehead atoms. The number of phosphoric ester groups is 1. The van der Waals surface area contributed by atoms with Crippen molar-refractivity contribution in [2.24, 2.45) is 5.41 Å². The smallest absolute Gasteiger partial charge is 0.396 e. The number of benzene rings is 2. The van der Waals surface area contributed by atoms with Crippen LogP contribution in [0.5, 0.6) is 11.5 Å². The highest BCUT2D eigenvalue weighted by molar-refractivity contribution is 7.48. The van der Waals surface area contributed by atoms with Crippen LogP contribution < -0.4 is 9.05 Å². The first-order valence-electron chi connectivity index (χ1n) is 14.3. The Labute approximate surface area is 253 Å². The monoisotopic (exact) mass is 610 g/mol. The molecule has 0 amide bonds. The molecule has 0 heterocycles. The Bertz CT molecular complexity index is 1110. The average Bonchev–Trinajstić information content (AvgIpc) is 2.83. The fraction of sp³-hybridized carbons (Fsp3) is 0.636. The normalized spacial score (nSPS) is 13.4. The second-order valence-corrected chi connectivity index (χ2v) is 16.5. The molecule has 9 heteroatoms. The molecule has 240 valence electrons. The highest BCUT2D eigenvalue weighted by Crippen LogP contribution is 2.50. The van der Waals surface area contributed by atoms with Gasteiger partial charge >= 0.3 is 7.82 Å². The van der Waals surface area contributed by atoms with E-state index in [1.165, 1.54) is 0 Å². The third kappa shape index (κ3) is 10.7. The summed E-state index contributed by atoms with van der Waals surface area (Å²) >= 11 is 0. The van der Waals surface area contributed by atoms with Crippen molar-refractivity contribution in [3.63, 3.8) is 0 Å². The van der Waals surface area contributed by atoms with Crippen LogP contribution >= 0.6 is 7.82 Å². The lowest BCUT2D eigenvalue weighted by Gasteiger charge is -2.29. The summed E-state index contributed by atoms with van der Waals surface area (Å²) in [4.78, 5) is 10.8. The van der Waals surface area contributed by atoms with Gasteiger partial charge in [-0.25, -0.2) is 4.57 Å². The molecule has 2 rings (SSSR count). The Balaban J connectivity index is 0.000000844. The third-order valence-corrected chi connectivity index (χ3v) is 7.93. The molecule has 0 saturated heterocycles. The van der Waals surface area contributed by atoms with Crippen molar-refractivity contribution in [2.75, 3.05) is 26.4 Å². The topological polar surface area (TPSA) is 137 Å². The maximum atomic E-state index is 13.2. The number of aliphatic hydroxyl groups excluding tert-OH is 4. The van der Waals surface area contributed by atoms with Crippen LogP contribution in [0.3, 0.4) is 0 Å². The molecular weight excluding hydrogens is 555 g/mol. The molecule has 0 atom stereocenters. The third-order valence-electron chi connectivity index (χ3n) is 7.08. The number of phosphoric acid groups is 1. The van der Waals surface area contributed by atoms with Gasteiger partial charge in [0.2, 0.25) is 0 Å². The van der Waals surface area contributed by atoms with E-state index in [4.69, 9.17) is 29.5 Å². The molecule has 0 aliphatic carbocycles. The summed E-state index contributed by atoms with van der Waals surface area (Å²) in [6, 6.07) is 11.6. The SMILES string of the molecule is CC(C)(C)c1ccc(OP(=O)(O)Oc2ccc(C(C)(C)C)cc2C(C)(C)C)c(C(C)(C)C)c1.OCC(CO)(CO)CO. The van der Waals surface area contributed by atoms with Gasteiger partial charge in [-0.15, -0.1) is 0 Å².